The minimum absolute atomic E-state index is 0.0997. The van der Waals surface area contributed by atoms with E-state index < -0.39 is 0 Å². The Balaban J connectivity index is 1.66. The number of aromatic nitrogens is 2. The number of fused-ring (bicyclic) bond motifs is 1. The average molecular weight is 381 g/mol. The van der Waals surface area contributed by atoms with Crippen molar-refractivity contribution in [2.24, 2.45) is 0 Å². The van der Waals surface area contributed by atoms with Crippen molar-refractivity contribution in [3.63, 3.8) is 0 Å². The van der Waals surface area contributed by atoms with Gasteiger partial charge in [-0.15, -0.1) is 0 Å². The van der Waals surface area contributed by atoms with Crippen LogP contribution < -0.4 is 15.0 Å². The van der Waals surface area contributed by atoms with Gasteiger partial charge in [0.05, 0.1) is 0 Å². The predicted molar refractivity (Wildman–Crippen MR) is 110 cm³/mol. The van der Waals surface area contributed by atoms with Crippen molar-refractivity contribution >= 4 is 28.9 Å². The molecule has 138 valence electrons. The number of rotatable bonds is 4. The molecule has 0 unspecified atom stereocenters. The Labute approximate surface area is 164 Å². The first kappa shape index (κ1) is 17.6. The van der Waals surface area contributed by atoms with Gasteiger partial charge >= 0.3 is 0 Å². The second kappa shape index (κ2) is 6.74. The highest BCUT2D eigenvalue weighted by Gasteiger charge is 2.40. The molecule has 2 heterocycles. The molecule has 5 nitrogen and oxygen atoms in total. The van der Waals surface area contributed by atoms with Crippen LogP contribution in [0.25, 0.3) is 0 Å². The van der Waals surface area contributed by atoms with Crippen LogP contribution in [-0.4, -0.2) is 23.6 Å². The molecule has 0 fully saturated rings. The zero-order valence-electron chi connectivity index (χ0n) is 15.5. The molecule has 3 aromatic rings. The van der Waals surface area contributed by atoms with Gasteiger partial charge in [-0.1, -0.05) is 32.0 Å². The quantitative estimate of drug-likeness (QED) is 0.614. The van der Waals surface area contributed by atoms with Gasteiger partial charge in [-0.3, -0.25) is 0 Å². The largest absolute Gasteiger partial charge is 0.457 e. The van der Waals surface area contributed by atoms with E-state index in [4.69, 9.17) is 16.3 Å². The van der Waals surface area contributed by atoms with Crippen LogP contribution in [-0.2, 0) is 5.41 Å². The van der Waals surface area contributed by atoms with Crippen LogP contribution in [0.5, 0.6) is 11.5 Å². The van der Waals surface area contributed by atoms with Crippen molar-refractivity contribution in [3.8, 4) is 11.5 Å². The van der Waals surface area contributed by atoms with Gasteiger partial charge in [-0.2, -0.15) is 4.98 Å². The van der Waals surface area contributed by atoms with Crippen molar-refractivity contribution in [3.05, 3.63) is 65.4 Å². The standard InChI is InChI=1S/C21H21ClN4O/c1-21(2)13-26(19-17(21)18(23-3)24-20(22)25-19)14-9-11-16(12-10-14)27-15-7-5-4-6-8-15/h4-12H,13H2,1-3H3,(H,23,24,25). The third-order valence-corrected chi connectivity index (χ3v) is 4.88. The molecule has 1 aliphatic heterocycles. The monoisotopic (exact) mass is 380 g/mol. The molecule has 2 aromatic carbocycles. The van der Waals surface area contributed by atoms with E-state index in [0.29, 0.717) is 0 Å². The summed E-state index contributed by atoms with van der Waals surface area (Å²) in [5, 5.41) is 3.39. The number of ether oxygens (including phenoxy) is 1. The zero-order valence-corrected chi connectivity index (χ0v) is 16.3. The fourth-order valence-electron chi connectivity index (χ4n) is 3.50. The number of benzene rings is 2. The van der Waals surface area contributed by atoms with Crippen molar-refractivity contribution in [1.29, 1.82) is 0 Å². The molecule has 27 heavy (non-hydrogen) atoms. The Morgan fingerprint density at radius 1 is 1.00 bits per heavy atom. The predicted octanol–water partition coefficient (Wildman–Crippen LogP) is 5.39. The third kappa shape index (κ3) is 3.30. The summed E-state index contributed by atoms with van der Waals surface area (Å²) < 4.78 is 5.89. The van der Waals surface area contributed by atoms with E-state index in [-0.39, 0.29) is 10.7 Å². The fraction of sp³-hybridized carbons (Fsp3) is 0.238. The van der Waals surface area contributed by atoms with Crippen LogP contribution in [0, 0.1) is 0 Å². The first-order valence-electron chi connectivity index (χ1n) is 8.84. The minimum atomic E-state index is -0.0997. The molecule has 1 aliphatic rings. The molecule has 0 saturated heterocycles. The van der Waals surface area contributed by atoms with Crippen LogP contribution in [0.4, 0.5) is 17.3 Å². The molecule has 1 aromatic heterocycles. The van der Waals surface area contributed by atoms with Crippen LogP contribution in [0.2, 0.25) is 5.28 Å². The minimum Gasteiger partial charge on any atom is -0.457 e. The highest BCUT2D eigenvalue weighted by atomic mass is 35.5. The van der Waals surface area contributed by atoms with E-state index >= 15 is 0 Å². The maximum Gasteiger partial charge on any atom is 0.226 e. The highest BCUT2D eigenvalue weighted by molar-refractivity contribution is 6.28. The Bertz CT molecular complexity index is 958. The summed E-state index contributed by atoms with van der Waals surface area (Å²) >= 11 is 6.16. The molecule has 6 heteroatoms. The van der Waals surface area contributed by atoms with Crippen molar-refractivity contribution in [1.82, 2.24) is 9.97 Å². The second-order valence-electron chi connectivity index (χ2n) is 7.17. The Morgan fingerprint density at radius 3 is 2.33 bits per heavy atom. The van der Waals surface area contributed by atoms with Gasteiger partial charge in [-0.25, -0.2) is 4.98 Å². The smallest absolute Gasteiger partial charge is 0.226 e. The maximum atomic E-state index is 6.16. The lowest BCUT2D eigenvalue weighted by molar-refractivity contribution is 0.482. The molecule has 0 saturated carbocycles. The number of hydrogen-bond acceptors (Lipinski definition) is 5. The third-order valence-electron chi connectivity index (χ3n) is 4.71. The van der Waals surface area contributed by atoms with E-state index in [9.17, 15) is 0 Å². The normalized spacial score (nSPS) is 14.7. The van der Waals surface area contributed by atoms with Crippen LogP contribution >= 0.6 is 11.6 Å². The van der Waals surface area contributed by atoms with Gasteiger partial charge in [0.2, 0.25) is 5.28 Å². The molecule has 0 amide bonds. The van der Waals surface area contributed by atoms with Gasteiger partial charge in [0.1, 0.15) is 23.1 Å². The van der Waals surface area contributed by atoms with E-state index in [0.717, 1.165) is 40.9 Å². The van der Waals surface area contributed by atoms with E-state index in [1.54, 1.807) is 0 Å². The Hall–Kier alpha value is -2.79. The van der Waals surface area contributed by atoms with Crippen LogP contribution in [0.15, 0.2) is 54.6 Å². The molecule has 0 atom stereocenters. The van der Waals surface area contributed by atoms with Crippen molar-refractivity contribution in [2.75, 3.05) is 23.8 Å². The molecule has 0 radical (unpaired) electrons. The number of hydrogen-bond donors (Lipinski definition) is 1. The van der Waals surface area contributed by atoms with Crippen molar-refractivity contribution < 1.29 is 4.74 Å². The summed E-state index contributed by atoms with van der Waals surface area (Å²) in [6.07, 6.45) is 0. The Kier molecular flexibility index (Phi) is 4.40. The van der Waals surface area contributed by atoms with E-state index in [1.165, 1.54) is 0 Å². The second-order valence-corrected chi connectivity index (χ2v) is 7.51. The summed E-state index contributed by atoms with van der Waals surface area (Å²) in [5.74, 6) is 3.24. The summed E-state index contributed by atoms with van der Waals surface area (Å²) in [6, 6.07) is 17.8. The summed E-state index contributed by atoms with van der Waals surface area (Å²) in [6.45, 7) is 5.18. The molecule has 0 bridgehead atoms. The van der Waals surface area contributed by atoms with Gasteiger partial charge in [0.15, 0.2) is 0 Å². The summed E-state index contributed by atoms with van der Waals surface area (Å²) in [5.41, 5.74) is 2.02. The number of anilines is 3. The molecule has 0 aliphatic carbocycles. The number of nitrogens with one attached hydrogen (secondary N) is 1. The lowest BCUT2D eigenvalue weighted by Gasteiger charge is -2.22. The SMILES string of the molecule is CNc1nc(Cl)nc2c1C(C)(C)CN2c1ccc(Oc2ccccc2)cc1. The maximum absolute atomic E-state index is 6.16. The fourth-order valence-corrected chi connectivity index (χ4v) is 3.67. The van der Waals surface area contributed by atoms with Gasteiger partial charge in [-0.05, 0) is 48.0 Å². The van der Waals surface area contributed by atoms with Gasteiger partial charge in [0.25, 0.3) is 0 Å². The van der Waals surface area contributed by atoms with E-state index in [1.807, 2.05) is 61.6 Å². The number of nitrogens with zero attached hydrogens (tertiary/aromatic N) is 3. The first-order chi connectivity index (χ1) is 13.0. The lowest BCUT2D eigenvalue weighted by atomic mass is 9.88. The highest BCUT2D eigenvalue weighted by Crippen LogP contribution is 2.46. The van der Waals surface area contributed by atoms with Crippen LogP contribution in [0.1, 0.15) is 19.4 Å². The molecular weight excluding hydrogens is 360 g/mol. The van der Waals surface area contributed by atoms with E-state index in [2.05, 4.69) is 34.0 Å². The lowest BCUT2D eigenvalue weighted by Crippen LogP contribution is -2.25. The first-order valence-corrected chi connectivity index (χ1v) is 9.22. The summed E-state index contributed by atoms with van der Waals surface area (Å²) in [7, 11) is 1.85. The Morgan fingerprint density at radius 2 is 1.67 bits per heavy atom. The number of para-hydroxylation sites is 1. The van der Waals surface area contributed by atoms with Gasteiger partial charge < -0.3 is 15.0 Å². The topological polar surface area (TPSA) is 50.3 Å². The molecule has 1 N–H and O–H groups in total. The van der Waals surface area contributed by atoms with Crippen molar-refractivity contribution in [2.45, 2.75) is 19.3 Å². The van der Waals surface area contributed by atoms with Gasteiger partial charge in [0, 0.05) is 30.3 Å². The zero-order chi connectivity index (χ0) is 19.0. The summed E-state index contributed by atoms with van der Waals surface area (Å²) in [4.78, 5) is 11.0. The molecule has 0 spiro atoms. The molecule has 4 rings (SSSR count). The molecular formula is C21H21ClN4O. The number of halogens is 1. The average Bonchev–Trinajstić information content (AvgIpc) is 2.93. The van der Waals surface area contributed by atoms with Crippen LogP contribution in [0.3, 0.4) is 0 Å².